The molecule has 2 aromatic rings. The first kappa shape index (κ1) is 20.3. The second-order valence-corrected chi connectivity index (χ2v) is 6.89. The van der Waals surface area contributed by atoms with Crippen molar-refractivity contribution in [2.45, 2.75) is 13.8 Å². The van der Waals surface area contributed by atoms with Crippen molar-refractivity contribution in [1.82, 2.24) is 5.32 Å². The fraction of sp³-hybridized carbons (Fsp3) is 0.190. The average Bonchev–Trinajstić information content (AvgIpc) is 2.69. The van der Waals surface area contributed by atoms with Crippen LogP contribution in [0.4, 0.5) is 11.4 Å². The van der Waals surface area contributed by atoms with Gasteiger partial charge in [-0.05, 0) is 55.9 Å². The van der Waals surface area contributed by atoms with Crippen LogP contribution in [-0.4, -0.2) is 36.2 Å². The lowest BCUT2D eigenvalue weighted by Crippen LogP contribution is -2.58. The maximum absolute atomic E-state index is 13.0. The minimum atomic E-state index is -1.15. The molecule has 1 aliphatic rings. The van der Waals surface area contributed by atoms with Crippen LogP contribution in [0.1, 0.15) is 21.5 Å². The zero-order chi connectivity index (χ0) is 21.1. The number of nitrogens with zero attached hydrogens (tertiary/aromatic N) is 2. The number of methoxy groups -OCH3 is 1. The summed E-state index contributed by atoms with van der Waals surface area (Å²) in [5, 5.41) is 2.57. The first-order valence-corrected chi connectivity index (χ1v) is 9.22. The molecule has 0 saturated carbocycles. The highest BCUT2D eigenvalue weighted by Gasteiger charge is 2.38. The van der Waals surface area contributed by atoms with Crippen LogP contribution < -0.4 is 10.2 Å². The Morgan fingerprint density at radius 3 is 2.52 bits per heavy atom. The number of ether oxygens (including phenoxy) is 1. The molecule has 3 rings (SSSR count). The molecule has 7 nitrogen and oxygen atoms in total. The van der Waals surface area contributed by atoms with E-state index < -0.39 is 23.7 Å². The summed E-state index contributed by atoms with van der Waals surface area (Å²) < 4.78 is 4.75. The predicted molar refractivity (Wildman–Crippen MR) is 114 cm³/mol. The number of hydrogen-bond donors (Lipinski definition) is 1. The standard InChI is InChI=1S/C21H19N3O4S/c1-12-7-9-14(10-8-12)24-19(26)16(18(25)23-21(24)29)11-22-17-6-4-5-15(13(17)2)20(27)28-3/h4-11,16H,1-3H3,(H,23,25,29)/t16-/m1/s1. The Kier molecular flexibility index (Phi) is 5.84. The van der Waals surface area contributed by atoms with Crippen molar-refractivity contribution in [1.29, 1.82) is 0 Å². The van der Waals surface area contributed by atoms with Crippen LogP contribution in [0.5, 0.6) is 0 Å². The fourth-order valence-electron chi connectivity index (χ4n) is 2.91. The molecule has 1 N–H and O–H groups in total. The van der Waals surface area contributed by atoms with Gasteiger partial charge < -0.3 is 10.1 Å². The van der Waals surface area contributed by atoms with Crippen molar-refractivity contribution in [3.05, 3.63) is 59.2 Å². The highest BCUT2D eigenvalue weighted by Crippen LogP contribution is 2.24. The van der Waals surface area contributed by atoms with Gasteiger partial charge in [-0.1, -0.05) is 23.8 Å². The second-order valence-electron chi connectivity index (χ2n) is 6.50. The number of anilines is 1. The lowest BCUT2D eigenvalue weighted by atomic mass is 10.0. The van der Waals surface area contributed by atoms with Gasteiger partial charge in [-0.2, -0.15) is 0 Å². The molecule has 0 aliphatic carbocycles. The molecular formula is C21H19N3O4S. The van der Waals surface area contributed by atoms with Crippen LogP contribution in [0.3, 0.4) is 0 Å². The molecule has 29 heavy (non-hydrogen) atoms. The normalized spacial score (nSPS) is 16.9. The van der Waals surface area contributed by atoms with Crippen LogP contribution >= 0.6 is 12.2 Å². The highest BCUT2D eigenvalue weighted by atomic mass is 32.1. The number of esters is 1. The third-order valence-corrected chi connectivity index (χ3v) is 4.85. The minimum absolute atomic E-state index is 0.0253. The van der Waals surface area contributed by atoms with Gasteiger partial charge in [-0.3, -0.25) is 19.5 Å². The van der Waals surface area contributed by atoms with Gasteiger partial charge in [0.1, 0.15) is 0 Å². The van der Waals surface area contributed by atoms with E-state index in [4.69, 9.17) is 17.0 Å². The van der Waals surface area contributed by atoms with Crippen LogP contribution in [-0.2, 0) is 14.3 Å². The predicted octanol–water partition coefficient (Wildman–Crippen LogP) is 2.86. The van der Waals surface area contributed by atoms with Gasteiger partial charge in [-0.15, -0.1) is 0 Å². The van der Waals surface area contributed by atoms with E-state index in [9.17, 15) is 14.4 Å². The van der Waals surface area contributed by atoms with Crippen LogP contribution in [0.2, 0.25) is 0 Å². The zero-order valence-electron chi connectivity index (χ0n) is 16.1. The zero-order valence-corrected chi connectivity index (χ0v) is 16.9. The molecule has 1 aliphatic heterocycles. The lowest BCUT2D eigenvalue weighted by molar-refractivity contribution is -0.130. The molecule has 8 heteroatoms. The summed E-state index contributed by atoms with van der Waals surface area (Å²) in [6.07, 6.45) is 1.27. The molecular weight excluding hydrogens is 390 g/mol. The number of nitrogens with one attached hydrogen (secondary N) is 1. The van der Waals surface area contributed by atoms with E-state index in [0.29, 0.717) is 22.5 Å². The summed E-state index contributed by atoms with van der Waals surface area (Å²) in [7, 11) is 1.30. The molecule has 1 atom stereocenters. The second kappa shape index (κ2) is 8.32. The van der Waals surface area contributed by atoms with E-state index in [1.165, 1.54) is 18.2 Å². The Morgan fingerprint density at radius 1 is 1.17 bits per heavy atom. The fourth-order valence-corrected chi connectivity index (χ4v) is 3.21. The lowest BCUT2D eigenvalue weighted by Gasteiger charge is -2.31. The maximum atomic E-state index is 13.0. The summed E-state index contributed by atoms with van der Waals surface area (Å²) >= 11 is 5.18. The van der Waals surface area contributed by atoms with Crippen LogP contribution in [0, 0.1) is 19.8 Å². The number of carbonyl (C=O) groups excluding carboxylic acids is 3. The first-order valence-electron chi connectivity index (χ1n) is 8.81. The number of thiocarbonyl (C=S) groups is 1. The Balaban J connectivity index is 1.91. The molecule has 1 fully saturated rings. The van der Waals surface area contributed by atoms with Crippen molar-refractivity contribution in [2.24, 2.45) is 10.9 Å². The van der Waals surface area contributed by atoms with E-state index in [1.807, 2.05) is 19.1 Å². The van der Waals surface area contributed by atoms with Crippen LogP contribution in [0.25, 0.3) is 0 Å². The number of hydrogen-bond acceptors (Lipinski definition) is 6. The quantitative estimate of drug-likeness (QED) is 0.363. The molecule has 148 valence electrons. The number of amides is 2. The smallest absolute Gasteiger partial charge is 0.338 e. The molecule has 0 bridgehead atoms. The third-order valence-electron chi connectivity index (χ3n) is 4.57. The molecule has 0 radical (unpaired) electrons. The van der Waals surface area contributed by atoms with Crippen LogP contribution in [0.15, 0.2) is 47.5 Å². The van der Waals surface area contributed by atoms with Crippen molar-refractivity contribution in [2.75, 3.05) is 12.0 Å². The number of rotatable bonds is 4. The Hall–Kier alpha value is -3.39. The van der Waals surface area contributed by atoms with E-state index in [-0.39, 0.29) is 5.11 Å². The average molecular weight is 409 g/mol. The Labute approximate surface area is 173 Å². The van der Waals surface area contributed by atoms with E-state index >= 15 is 0 Å². The Morgan fingerprint density at radius 2 is 1.86 bits per heavy atom. The summed E-state index contributed by atoms with van der Waals surface area (Å²) in [5.74, 6) is -2.67. The van der Waals surface area contributed by atoms with E-state index in [0.717, 1.165) is 5.56 Å². The van der Waals surface area contributed by atoms with Gasteiger partial charge in [-0.25, -0.2) is 4.79 Å². The van der Waals surface area contributed by atoms with Gasteiger partial charge >= 0.3 is 5.97 Å². The molecule has 0 aromatic heterocycles. The summed E-state index contributed by atoms with van der Waals surface area (Å²) in [6, 6.07) is 12.2. The van der Waals surface area contributed by atoms with Gasteiger partial charge in [0.05, 0.1) is 24.0 Å². The Bertz CT molecular complexity index is 1030. The van der Waals surface area contributed by atoms with Gasteiger partial charge in [0.25, 0.3) is 5.91 Å². The number of benzene rings is 2. The molecule has 1 heterocycles. The summed E-state index contributed by atoms with van der Waals surface area (Å²) in [6.45, 7) is 3.65. The van der Waals surface area contributed by atoms with Gasteiger partial charge in [0.15, 0.2) is 11.0 Å². The maximum Gasteiger partial charge on any atom is 0.338 e. The van der Waals surface area contributed by atoms with Crippen molar-refractivity contribution < 1.29 is 19.1 Å². The minimum Gasteiger partial charge on any atom is -0.465 e. The largest absolute Gasteiger partial charge is 0.465 e. The van der Waals surface area contributed by atoms with Crippen molar-refractivity contribution in [3.8, 4) is 0 Å². The van der Waals surface area contributed by atoms with Crippen molar-refractivity contribution in [3.63, 3.8) is 0 Å². The number of aryl methyl sites for hydroxylation is 1. The third kappa shape index (κ3) is 4.07. The van der Waals surface area contributed by atoms with Gasteiger partial charge in [0, 0.05) is 6.21 Å². The van der Waals surface area contributed by atoms with Crippen molar-refractivity contribution >= 4 is 52.7 Å². The first-order chi connectivity index (χ1) is 13.8. The van der Waals surface area contributed by atoms with Gasteiger partial charge in [0.2, 0.25) is 5.91 Å². The molecule has 2 aromatic carbocycles. The highest BCUT2D eigenvalue weighted by molar-refractivity contribution is 7.80. The monoisotopic (exact) mass is 409 g/mol. The number of carbonyl (C=O) groups is 3. The molecule has 0 spiro atoms. The summed E-state index contributed by atoms with van der Waals surface area (Å²) in [4.78, 5) is 42.7. The molecule has 2 amide bonds. The van der Waals surface area contributed by atoms with E-state index in [1.54, 1.807) is 37.3 Å². The summed E-state index contributed by atoms with van der Waals surface area (Å²) in [5.41, 5.74) is 3.01. The topological polar surface area (TPSA) is 88.1 Å². The van der Waals surface area contributed by atoms with E-state index in [2.05, 4.69) is 10.3 Å². The number of aliphatic imine (C=N–C) groups is 1. The SMILES string of the molecule is COC(=O)c1cccc(N=C[C@@H]2C(=O)NC(=S)N(c3ccc(C)cc3)C2=O)c1C. The molecule has 1 saturated heterocycles. The molecule has 0 unspecified atom stereocenters.